The Labute approximate surface area is 214 Å². The molecule has 0 fully saturated rings. The first-order valence-corrected chi connectivity index (χ1v) is 12.3. The molecule has 0 bridgehead atoms. The Morgan fingerprint density at radius 3 is 1.76 bits per heavy atom. The van der Waals surface area contributed by atoms with Crippen LogP contribution in [0.15, 0.2) is 134 Å². The van der Waals surface area contributed by atoms with Crippen LogP contribution < -0.4 is 0 Å². The lowest BCUT2D eigenvalue weighted by molar-refractivity contribution is 1.16. The maximum Gasteiger partial charge on any atom is 0.160 e. The summed E-state index contributed by atoms with van der Waals surface area (Å²) in [7, 11) is 0. The van der Waals surface area contributed by atoms with Gasteiger partial charge in [-0.15, -0.1) is 0 Å². The van der Waals surface area contributed by atoms with E-state index in [2.05, 4.69) is 82.3 Å². The third kappa shape index (κ3) is 3.76. The Hall–Kier alpha value is -5.09. The molecule has 174 valence electrons. The van der Waals surface area contributed by atoms with Gasteiger partial charge in [-0.25, -0.2) is 9.97 Å². The topological polar surface area (TPSA) is 43.6 Å². The molecule has 7 rings (SSSR count). The number of benzene rings is 4. The van der Waals surface area contributed by atoms with Gasteiger partial charge in [0.15, 0.2) is 5.82 Å². The van der Waals surface area contributed by atoms with E-state index < -0.39 is 0 Å². The average Bonchev–Trinajstić information content (AvgIpc) is 3.32. The van der Waals surface area contributed by atoms with E-state index in [0.717, 1.165) is 33.9 Å². The van der Waals surface area contributed by atoms with Gasteiger partial charge >= 0.3 is 0 Å². The Morgan fingerprint density at radius 2 is 1.08 bits per heavy atom. The zero-order valence-electron chi connectivity index (χ0n) is 20.0. The van der Waals surface area contributed by atoms with E-state index in [0.29, 0.717) is 5.82 Å². The molecule has 0 saturated carbocycles. The largest absolute Gasteiger partial charge is 0.309 e. The summed E-state index contributed by atoms with van der Waals surface area (Å²) in [6.45, 7) is 0. The van der Waals surface area contributed by atoms with Crippen LogP contribution in [0.25, 0.3) is 61.5 Å². The third-order valence-electron chi connectivity index (χ3n) is 6.69. The van der Waals surface area contributed by atoms with E-state index in [1.165, 1.54) is 21.8 Å². The number of aromatic nitrogens is 4. The van der Waals surface area contributed by atoms with Crippen LogP contribution in [-0.4, -0.2) is 19.5 Å². The lowest BCUT2D eigenvalue weighted by Gasteiger charge is -2.11. The number of pyridine rings is 1. The van der Waals surface area contributed by atoms with Crippen LogP contribution in [0.1, 0.15) is 0 Å². The minimum absolute atomic E-state index is 0.685. The molecule has 0 aliphatic rings. The molecule has 0 unspecified atom stereocenters. The zero-order valence-corrected chi connectivity index (χ0v) is 20.0. The molecule has 0 aliphatic heterocycles. The van der Waals surface area contributed by atoms with Crippen molar-refractivity contribution in [2.24, 2.45) is 0 Å². The number of nitrogens with zero attached hydrogens (tertiary/aromatic N) is 4. The molecule has 4 heteroatoms. The summed E-state index contributed by atoms with van der Waals surface area (Å²) in [4.78, 5) is 14.3. The number of rotatable bonds is 4. The van der Waals surface area contributed by atoms with Gasteiger partial charge in [-0.1, -0.05) is 84.9 Å². The molecule has 3 heterocycles. The SMILES string of the molecule is c1ccc(-c2nc(-c3ccc(-n4c5ccccc5c5ccccc54)cc3)cc(-c3ccccn3)n2)cc1. The average molecular weight is 475 g/mol. The van der Waals surface area contributed by atoms with Gasteiger partial charge in [-0.3, -0.25) is 4.98 Å². The quantitative estimate of drug-likeness (QED) is 0.260. The Bertz CT molecular complexity index is 1740. The fraction of sp³-hybridized carbons (Fsp3) is 0. The lowest BCUT2D eigenvalue weighted by atomic mass is 10.1. The van der Waals surface area contributed by atoms with Crippen molar-refractivity contribution >= 4 is 21.8 Å². The second kappa shape index (κ2) is 8.85. The van der Waals surface area contributed by atoms with E-state index in [1.54, 1.807) is 6.20 Å². The molecule has 3 aromatic heterocycles. The van der Waals surface area contributed by atoms with Gasteiger partial charge in [0.2, 0.25) is 0 Å². The summed E-state index contributed by atoms with van der Waals surface area (Å²) in [6, 6.07) is 43.7. The smallest absolute Gasteiger partial charge is 0.160 e. The molecule has 0 aliphatic carbocycles. The van der Waals surface area contributed by atoms with Gasteiger partial charge < -0.3 is 4.57 Å². The predicted octanol–water partition coefficient (Wildman–Crippen LogP) is 7.97. The summed E-state index contributed by atoms with van der Waals surface area (Å²) in [5.74, 6) is 0.685. The van der Waals surface area contributed by atoms with Gasteiger partial charge in [0.1, 0.15) is 0 Å². The predicted molar refractivity (Wildman–Crippen MR) is 150 cm³/mol. The summed E-state index contributed by atoms with van der Waals surface area (Å²) in [5.41, 5.74) is 8.00. The highest BCUT2D eigenvalue weighted by atomic mass is 15.0. The van der Waals surface area contributed by atoms with Crippen LogP contribution in [0.3, 0.4) is 0 Å². The van der Waals surface area contributed by atoms with Crippen molar-refractivity contribution in [1.29, 1.82) is 0 Å². The Balaban J connectivity index is 1.37. The van der Waals surface area contributed by atoms with Gasteiger partial charge in [0.05, 0.1) is 28.1 Å². The Morgan fingerprint density at radius 1 is 0.459 bits per heavy atom. The van der Waals surface area contributed by atoms with Crippen LogP contribution in [0.5, 0.6) is 0 Å². The highest BCUT2D eigenvalue weighted by molar-refractivity contribution is 6.09. The normalized spacial score (nSPS) is 11.2. The fourth-order valence-electron chi connectivity index (χ4n) is 4.94. The second-order valence-electron chi connectivity index (χ2n) is 8.96. The van der Waals surface area contributed by atoms with Crippen LogP contribution in [0, 0.1) is 0 Å². The molecule has 37 heavy (non-hydrogen) atoms. The monoisotopic (exact) mass is 474 g/mol. The maximum absolute atomic E-state index is 4.95. The zero-order chi connectivity index (χ0) is 24.6. The van der Waals surface area contributed by atoms with Gasteiger partial charge in [-0.2, -0.15) is 0 Å². The van der Waals surface area contributed by atoms with Crippen LogP contribution in [0.2, 0.25) is 0 Å². The highest BCUT2D eigenvalue weighted by Gasteiger charge is 2.13. The number of fused-ring (bicyclic) bond motifs is 3. The van der Waals surface area contributed by atoms with Crippen molar-refractivity contribution in [3.05, 3.63) is 134 Å². The molecule has 0 atom stereocenters. The van der Waals surface area contributed by atoms with E-state index >= 15 is 0 Å². The number of hydrogen-bond acceptors (Lipinski definition) is 3. The standard InChI is InChI=1S/C33H22N4/c1-2-10-24(11-3-1)33-35-29(22-30(36-33)28-14-8-9-21-34-28)23-17-19-25(20-18-23)37-31-15-6-4-12-26(31)27-13-5-7-16-32(27)37/h1-22H. The second-order valence-corrected chi connectivity index (χ2v) is 8.96. The van der Waals surface area contributed by atoms with Crippen LogP contribution >= 0.6 is 0 Å². The maximum atomic E-state index is 4.95. The Kier molecular flexibility index (Phi) is 5.07. The summed E-state index contributed by atoms with van der Waals surface area (Å²) < 4.78 is 2.32. The van der Waals surface area contributed by atoms with Gasteiger partial charge in [0.25, 0.3) is 0 Å². The minimum Gasteiger partial charge on any atom is -0.309 e. The van der Waals surface area contributed by atoms with Gasteiger partial charge in [0, 0.05) is 33.8 Å². The van der Waals surface area contributed by atoms with E-state index in [-0.39, 0.29) is 0 Å². The molecule has 0 amide bonds. The van der Waals surface area contributed by atoms with Crippen molar-refractivity contribution < 1.29 is 0 Å². The first kappa shape index (κ1) is 21.2. The van der Waals surface area contributed by atoms with Crippen LogP contribution in [-0.2, 0) is 0 Å². The number of hydrogen-bond donors (Lipinski definition) is 0. The van der Waals surface area contributed by atoms with E-state index in [9.17, 15) is 0 Å². The van der Waals surface area contributed by atoms with Crippen molar-refractivity contribution in [2.75, 3.05) is 0 Å². The third-order valence-corrected chi connectivity index (χ3v) is 6.69. The van der Waals surface area contributed by atoms with E-state index in [4.69, 9.17) is 9.97 Å². The fourth-order valence-corrected chi connectivity index (χ4v) is 4.94. The highest BCUT2D eigenvalue weighted by Crippen LogP contribution is 2.33. The number of para-hydroxylation sites is 2. The van der Waals surface area contributed by atoms with Crippen molar-refractivity contribution in [2.45, 2.75) is 0 Å². The molecule has 0 radical (unpaired) electrons. The lowest BCUT2D eigenvalue weighted by Crippen LogP contribution is -1.97. The molecular formula is C33H22N4. The molecular weight excluding hydrogens is 452 g/mol. The summed E-state index contributed by atoms with van der Waals surface area (Å²) >= 11 is 0. The first-order chi connectivity index (χ1) is 18.3. The van der Waals surface area contributed by atoms with E-state index in [1.807, 2.05) is 54.6 Å². The minimum atomic E-state index is 0.685. The summed E-state index contributed by atoms with van der Waals surface area (Å²) in [6.07, 6.45) is 1.79. The molecule has 0 N–H and O–H groups in total. The molecule has 0 saturated heterocycles. The molecule has 4 aromatic carbocycles. The van der Waals surface area contributed by atoms with Crippen LogP contribution in [0.4, 0.5) is 0 Å². The molecule has 4 nitrogen and oxygen atoms in total. The van der Waals surface area contributed by atoms with Gasteiger partial charge in [-0.05, 0) is 42.5 Å². The van der Waals surface area contributed by atoms with Crippen molar-refractivity contribution in [1.82, 2.24) is 19.5 Å². The van der Waals surface area contributed by atoms with Crippen molar-refractivity contribution in [3.8, 4) is 39.7 Å². The molecule has 0 spiro atoms. The summed E-state index contributed by atoms with van der Waals surface area (Å²) in [5, 5.41) is 2.51. The molecule has 7 aromatic rings. The first-order valence-electron chi connectivity index (χ1n) is 12.3. The van der Waals surface area contributed by atoms with Crippen molar-refractivity contribution in [3.63, 3.8) is 0 Å².